The van der Waals surface area contributed by atoms with Crippen LogP contribution in [-0.4, -0.2) is 23.1 Å². The van der Waals surface area contributed by atoms with Crippen LogP contribution < -0.4 is 5.14 Å². The number of hydrogen-bond donors (Lipinski definition) is 1. The maximum absolute atomic E-state index is 11.1. The Kier molecular flexibility index (Phi) is 3.51. The van der Waals surface area contributed by atoms with E-state index in [1.165, 1.54) is 30.3 Å². The molecule has 0 atom stereocenters. The van der Waals surface area contributed by atoms with Crippen LogP contribution in [0, 0.1) is 0 Å². The zero-order valence-corrected chi connectivity index (χ0v) is 10.1. The van der Waals surface area contributed by atoms with Crippen molar-refractivity contribution in [3.05, 3.63) is 35.2 Å². The predicted octanol–water partition coefficient (Wildman–Crippen LogP) is 0.349. The SMILES string of the molecule is CS(=O)(=O)c1ccc(/C=C/S(N)(=O)=O)cc1. The highest BCUT2D eigenvalue weighted by atomic mass is 32.2. The minimum atomic E-state index is -3.66. The quantitative estimate of drug-likeness (QED) is 0.849. The first-order valence-electron chi connectivity index (χ1n) is 4.19. The number of hydrogen-bond acceptors (Lipinski definition) is 4. The summed E-state index contributed by atoms with van der Waals surface area (Å²) in [6.07, 6.45) is 2.39. The highest BCUT2D eigenvalue weighted by Gasteiger charge is 2.05. The molecule has 0 bridgehead atoms. The molecule has 0 aliphatic heterocycles. The number of nitrogens with two attached hydrogens (primary N) is 1. The topological polar surface area (TPSA) is 94.3 Å². The van der Waals surface area contributed by atoms with Crippen molar-refractivity contribution < 1.29 is 16.8 Å². The van der Waals surface area contributed by atoms with Crippen molar-refractivity contribution in [2.75, 3.05) is 6.26 Å². The van der Waals surface area contributed by atoms with Gasteiger partial charge in [0, 0.05) is 11.7 Å². The molecule has 7 heteroatoms. The molecule has 0 saturated heterocycles. The van der Waals surface area contributed by atoms with Crippen molar-refractivity contribution in [1.82, 2.24) is 0 Å². The van der Waals surface area contributed by atoms with Crippen molar-refractivity contribution in [3.8, 4) is 0 Å². The molecule has 1 aromatic rings. The lowest BCUT2D eigenvalue weighted by Gasteiger charge is -1.98. The van der Waals surface area contributed by atoms with E-state index in [2.05, 4.69) is 0 Å². The van der Waals surface area contributed by atoms with Gasteiger partial charge in [-0.3, -0.25) is 0 Å². The smallest absolute Gasteiger partial charge is 0.225 e. The average molecular weight is 261 g/mol. The lowest BCUT2D eigenvalue weighted by atomic mass is 10.2. The lowest BCUT2D eigenvalue weighted by Crippen LogP contribution is -2.06. The van der Waals surface area contributed by atoms with Gasteiger partial charge in [0.05, 0.1) is 4.90 Å². The molecule has 0 fully saturated rings. The van der Waals surface area contributed by atoms with E-state index in [-0.39, 0.29) is 4.90 Å². The van der Waals surface area contributed by atoms with E-state index < -0.39 is 19.9 Å². The fourth-order valence-electron chi connectivity index (χ4n) is 1.000. The third-order valence-corrected chi connectivity index (χ3v) is 3.40. The van der Waals surface area contributed by atoms with Crippen LogP contribution in [0.1, 0.15) is 5.56 Å². The van der Waals surface area contributed by atoms with Crippen molar-refractivity contribution >= 4 is 25.9 Å². The van der Waals surface area contributed by atoms with Gasteiger partial charge in [-0.15, -0.1) is 0 Å². The molecule has 0 saturated carbocycles. The Hall–Kier alpha value is -1.18. The molecule has 0 radical (unpaired) electrons. The molecule has 5 nitrogen and oxygen atoms in total. The fraction of sp³-hybridized carbons (Fsp3) is 0.111. The second-order valence-corrected chi connectivity index (χ2v) is 6.70. The van der Waals surface area contributed by atoms with Crippen LogP contribution in [0.5, 0.6) is 0 Å². The maximum atomic E-state index is 11.1. The van der Waals surface area contributed by atoms with Gasteiger partial charge in [-0.2, -0.15) is 0 Å². The Balaban J connectivity index is 3.02. The number of primary sulfonamides is 1. The van der Waals surface area contributed by atoms with E-state index >= 15 is 0 Å². The summed E-state index contributed by atoms with van der Waals surface area (Å²) in [6, 6.07) is 5.80. The standard InChI is InChI=1S/C9H11NO4S2/c1-15(11,12)9-4-2-8(3-5-9)6-7-16(10,13)14/h2-7H,1H3,(H2,10,13,14)/b7-6+. The summed E-state index contributed by atoms with van der Waals surface area (Å²) in [5.41, 5.74) is 0.557. The van der Waals surface area contributed by atoms with Crippen LogP contribution in [0.15, 0.2) is 34.6 Å². The molecule has 16 heavy (non-hydrogen) atoms. The minimum Gasteiger partial charge on any atom is -0.225 e. The van der Waals surface area contributed by atoms with Gasteiger partial charge in [-0.05, 0) is 23.8 Å². The first-order valence-corrected chi connectivity index (χ1v) is 7.69. The molecule has 0 heterocycles. The molecular weight excluding hydrogens is 250 g/mol. The average Bonchev–Trinajstić information content (AvgIpc) is 2.13. The molecular formula is C9H11NO4S2. The van der Waals surface area contributed by atoms with Gasteiger partial charge in [-0.1, -0.05) is 12.1 Å². The summed E-state index contributed by atoms with van der Waals surface area (Å²) in [6.45, 7) is 0. The fourth-order valence-corrected chi connectivity index (χ4v) is 1.98. The summed E-state index contributed by atoms with van der Waals surface area (Å²) in [7, 11) is -6.89. The summed E-state index contributed by atoms with van der Waals surface area (Å²) in [4.78, 5) is 0.181. The third kappa shape index (κ3) is 4.13. The van der Waals surface area contributed by atoms with E-state index in [9.17, 15) is 16.8 Å². The molecule has 0 aromatic heterocycles. The number of sulfone groups is 1. The normalized spacial score (nSPS) is 13.1. The Bertz CT molecular complexity index is 597. The second kappa shape index (κ2) is 4.36. The van der Waals surface area contributed by atoms with Crippen LogP contribution in [0.3, 0.4) is 0 Å². The van der Waals surface area contributed by atoms with Crippen LogP contribution >= 0.6 is 0 Å². The molecule has 0 aliphatic rings. The Labute approximate surface area is 94.6 Å². The minimum absolute atomic E-state index is 0.181. The Morgan fingerprint density at radius 2 is 1.56 bits per heavy atom. The summed E-state index contributed by atoms with van der Waals surface area (Å²) >= 11 is 0. The largest absolute Gasteiger partial charge is 0.231 e. The first kappa shape index (κ1) is 12.9. The van der Waals surface area contributed by atoms with Crippen molar-refractivity contribution in [3.63, 3.8) is 0 Å². The highest BCUT2D eigenvalue weighted by Crippen LogP contribution is 2.11. The molecule has 2 N–H and O–H groups in total. The monoisotopic (exact) mass is 261 g/mol. The number of rotatable bonds is 3. The van der Waals surface area contributed by atoms with E-state index in [0.29, 0.717) is 5.56 Å². The van der Waals surface area contributed by atoms with Gasteiger partial charge < -0.3 is 0 Å². The Morgan fingerprint density at radius 1 is 1.06 bits per heavy atom. The molecule has 0 unspecified atom stereocenters. The van der Waals surface area contributed by atoms with Gasteiger partial charge in [0.25, 0.3) is 0 Å². The zero-order chi connectivity index (χ0) is 12.4. The van der Waals surface area contributed by atoms with Crippen LogP contribution in [0.25, 0.3) is 6.08 Å². The zero-order valence-electron chi connectivity index (χ0n) is 8.49. The van der Waals surface area contributed by atoms with E-state index in [1.54, 1.807) is 0 Å². The molecule has 1 rings (SSSR count). The molecule has 0 aliphatic carbocycles. The van der Waals surface area contributed by atoms with Gasteiger partial charge in [0.1, 0.15) is 0 Å². The summed E-state index contributed by atoms with van der Waals surface area (Å²) in [5.74, 6) is 0. The maximum Gasteiger partial charge on any atom is 0.231 e. The van der Waals surface area contributed by atoms with Gasteiger partial charge in [-0.25, -0.2) is 22.0 Å². The molecule has 1 aromatic carbocycles. The molecule has 88 valence electrons. The van der Waals surface area contributed by atoms with Gasteiger partial charge in [0.2, 0.25) is 10.0 Å². The number of sulfonamides is 1. The molecule has 0 amide bonds. The van der Waals surface area contributed by atoms with Crippen LogP contribution in [-0.2, 0) is 19.9 Å². The van der Waals surface area contributed by atoms with Crippen molar-refractivity contribution in [2.45, 2.75) is 4.90 Å². The van der Waals surface area contributed by atoms with Crippen LogP contribution in [0.4, 0.5) is 0 Å². The first-order chi connectivity index (χ1) is 7.18. The highest BCUT2D eigenvalue weighted by molar-refractivity contribution is 7.92. The van der Waals surface area contributed by atoms with Gasteiger partial charge >= 0.3 is 0 Å². The summed E-state index contributed by atoms with van der Waals surface area (Å²) in [5, 5.41) is 5.62. The van der Waals surface area contributed by atoms with E-state index in [0.717, 1.165) is 11.7 Å². The summed E-state index contributed by atoms with van der Waals surface area (Å²) < 4.78 is 43.5. The van der Waals surface area contributed by atoms with E-state index in [4.69, 9.17) is 5.14 Å². The Morgan fingerprint density at radius 3 is 1.94 bits per heavy atom. The van der Waals surface area contributed by atoms with E-state index in [1.807, 2.05) is 0 Å². The van der Waals surface area contributed by atoms with Crippen molar-refractivity contribution in [2.24, 2.45) is 5.14 Å². The predicted molar refractivity (Wildman–Crippen MR) is 61.7 cm³/mol. The van der Waals surface area contributed by atoms with Gasteiger partial charge in [0.15, 0.2) is 9.84 Å². The lowest BCUT2D eigenvalue weighted by molar-refractivity contribution is 0.601. The number of benzene rings is 1. The second-order valence-electron chi connectivity index (χ2n) is 3.23. The third-order valence-electron chi connectivity index (χ3n) is 1.76. The van der Waals surface area contributed by atoms with Crippen molar-refractivity contribution in [1.29, 1.82) is 0 Å². The van der Waals surface area contributed by atoms with Crippen LogP contribution in [0.2, 0.25) is 0 Å². The molecule has 0 spiro atoms.